The van der Waals surface area contributed by atoms with Gasteiger partial charge in [0.1, 0.15) is 0 Å². The van der Waals surface area contributed by atoms with Crippen molar-refractivity contribution in [3.05, 3.63) is 0 Å². The van der Waals surface area contributed by atoms with Crippen LogP contribution in [0.3, 0.4) is 0 Å². The van der Waals surface area contributed by atoms with Gasteiger partial charge in [-0.05, 0) is 82.0 Å². The molecule has 4 bridgehead atoms. The molecule has 2 heterocycles. The van der Waals surface area contributed by atoms with E-state index in [1.54, 1.807) is 0 Å². The van der Waals surface area contributed by atoms with Crippen LogP contribution >= 0.6 is 0 Å². The summed E-state index contributed by atoms with van der Waals surface area (Å²) in [6, 6.07) is 0. The number of nitrogens with one attached hydrogen (secondary N) is 2. The predicted molar refractivity (Wildman–Crippen MR) is 111 cm³/mol. The third-order valence-electron chi connectivity index (χ3n) is 7.30. The number of piperidine rings is 1. The highest BCUT2D eigenvalue weighted by Crippen LogP contribution is 2.56. The number of hydrogen-bond donors (Lipinski definition) is 3. The minimum Gasteiger partial charge on any atom is -0.396 e. The Labute approximate surface area is 167 Å². The minimum atomic E-state index is 0.176. The van der Waals surface area contributed by atoms with E-state index >= 15 is 0 Å². The second kappa shape index (κ2) is 7.65. The van der Waals surface area contributed by atoms with Gasteiger partial charge in [0.15, 0.2) is 0 Å². The van der Waals surface area contributed by atoms with E-state index < -0.39 is 0 Å². The van der Waals surface area contributed by atoms with Crippen molar-refractivity contribution in [2.24, 2.45) is 17.8 Å². The molecule has 0 unspecified atom stereocenters. The number of aromatic nitrogens is 3. The van der Waals surface area contributed by atoms with Crippen LogP contribution in [0.15, 0.2) is 0 Å². The van der Waals surface area contributed by atoms with Crippen LogP contribution in [0, 0.1) is 17.8 Å². The number of anilines is 3. The van der Waals surface area contributed by atoms with Crippen LogP contribution < -0.4 is 15.5 Å². The SMILES string of the molecule is OCCCNc1nc(NC23CC4CC(CC(C4)C2)C3)nc(N2CCCCC2)n1. The van der Waals surface area contributed by atoms with Crippen molar-refractivity contribution in [3.8, 4) is 0 Å². The van der Waals surface area contributed by atoms with Crippen molar-refractivity contribution in [1.82, 2.24) is 15.0 Å². The lowest BCUT2D eigenvalue weighted by Crippen LogP contribution is -2.55. The van der Waals surface area contributed by atoms with Gasteiger partial charge in [0.05, 0.1) is 0 Å². The minimum absolute atomic E-state index is 0.176. The van der Waals surface area contributed by atoms with Crippen molar-refractivity contribution >= 4 is 17.8 Å². The van der Waals surface area contributed by atoms with Gasteiger partial charge in [-0.3, -0.25) is 0 Å². The van der Waals surface area contributed by atoms with Crippen LogP contribution in [0.2, 0.25) is 0 Å². The summed E-state index contributed by atoms with van der Waals surface area (Å²) < 4.78 is 0. The van der Waals surface area contributed by atoms with E-state index in [4.69, 9.17) is 20.1 Å². The third kappa shape index (κ3) is 3.78. The summed E-state index contributed by atoms with van der Waals surface area (Å²) in [4.78, 5) is 16.6. The predicted octanol–water partition coefficient (Wildman–Crippen LogP) is 3.04. The first-order valence-electron chi connectivity index (χ1n) is 11.4. The summed E-state index contributed by atoms with van der Waals surface area (Å²) in [5.74, 6) is 4.85. The van der Waals surface area contributed by atoms with Gasteiger partial charge < -0.3 is 20.6 Å². The Balaban J connectivity index is 1.38. The molecule has 28 heavy (non-hydrogen) atoms. The molecule has 5 fully saturated rings. The highest BCUT2D eigenvalue weighted by atomic mass is 16.3. The molecule has 1 aliphatic heterocycles. The number of nitrogens with zero attached hydrogens (tertiary/aromatic N) is 4. The standard InChI is InChI=1S/C21H34N6O/c28-8-4-5-22-18-23-19(25-20(24-18)27-6-2-1-3-7-27)26-21-12-15-9-16(13-21)11-17(10-15)14-21/h15-17,28H,1-14H2,(H2,22,23,24,25,26). The van der Waals surface area contributed by atoms with Crippen LogP contribution in [0.4, 0.5) is 17.8 Å². The van der Waals surface area contributed by atoms with Gasteiger partial charge in [-0.25, -0.2) is 0 Å². The average molecular weight is 387 g/mol. The molecule has 6 rings (SSSR count). The number of hydrogen-bond acceptors (Lipinski definition) is 7. The van der Waals surface area contributed by atoms with Gasteiger partial charge >= 0.3 is 0 Å². The third-order valence-corrected chi connectivity index (χ3v) is 7.30. The molecule has 1 aromatic heterocycles. The van der Waals surface area contributed by atoms with Crippen LogP contribution in [-0.4, -0.2) is 51.8 Å². The zero-order chi connectivity index (χ0) is 19.0. The zero-order valence-corrected chi connectivity index (χ0v) is 16.9. The molecule has 1 aromatic rings. The molecule has 3 N–H and O–H groups in total. The van der Waals surface area contributed by atoms with E-state index in [0.717, 1.165) is 42.7 Å². The van der Waals surface area contributed by atoms with E-state index in [1.165, 1.54) is 57.8 Å². The fourth-order valence-corrected chi connectivity index (χ4v) is 6.52. The summed E-state index contributed by atoms with van der Waals surface area (Å²) in [5, 5.41) is 16.2. The Morgan fingerprint density at radius 3 is 2.18 bits per heavy atom. The molecule has 4 aliphatic carbocycles. The number of aliphatic hydroxyl groups excluding tert-OH is 1. The molecule has 0 atom stereocenters. The lowest BCUT2D eigenvalue weighted by atomic mass is 9.53. The van der Waals surface area contributed by atoms with Crippen molar-refractivity contribution in [2.45, 2.75) is 69.7 Å². The smallest absolute Gasteiger partial charge is 0.231 e. The Morgan fingerprint density at radius 1 is 0.893 bits per heavy atom. The molecular weight excluding hydrogens is 352 g/mol. The largest absolute Gasteiger partial charge is 0.396 e. The van der Waals surface area contributed by atoms with Gasteiger partial charge in [-0.1, -0.05) is 0 Å². The Hall–Kier alpha value is -1.63. The van der Waals surface area contributed by atoms with Crippen LogP contribution in [0.1, 0.15) is 64.2 Å². The van der Waals surface area contributed by atoms with Gasteiger partial charge in [0, 0.05) is 31.8 Å². The second-order valence-electron chi connectivity index (χ2n) is 9.66. The first kappa shape index (κ1) is 18.4. The highest BCUT2D eigenvalue weighted by molar-refractivity contribution is 5.45. The second-order valence-corrected chi connectivity index (χ2v) is 9.66. The van der Waals surface area contributed by atoms with Gasteiger partial charge in [0.25, 0.3) is 0 Å². The number of rotatable bonds is 7. The molecule has 1 saturated heterocycles. The Morgan fingerprint density at radius 2 is 1.54 bits per heavy atom. The van der Waals surface area contributed by atoms with Crippen molar-refractivity contribution in [3.63, 3.8) is 0 Å². The molecule has 0 radical (unpaired) electrons. The number of aliphatic hydroxyl groups is 1. The topological polar surface area (TPSA) is 86.2 Å². The molecule has 7 heteroatoms. The van der Waals surface area contributed by atoms with Gasteiger partial charge in [0.2, 0.25) is 17.8 Å². The summed E-state index contributed by atoms with van der Waals surface area (Å²) >= 11 is 0. The first-order chi connectivity index (χ1) is 13.7. The van der Waals surface area contributed by atoms with Crippen LogP contribution in [0.5, 0.6) is 0 Å². The molecule has 4 saturated carbocycles. The van der Waals surface area contributed by atoms with E-state index in [9.17, 15) is 0 Å². The molecule has 5 aliphatic rings. The fourth-order valence-electron chi connectivity index (χ4n) is 6.52. The summed E-state index contributed by atoms with van der Waals surface area (Å²) in [5.41, 5.74) is 0.192. The molecule has 0 spiro atoms. The monoisotopic (exact) mass is 386 g/mol. The maximum Gasteiger partial charge on any atom is 0.231 e. The van der Waals surface area contributed by atoms with Gasteiger partial charge in [-0.2, -0.15) is 15.0 Å². The summed E-state index contributed by atoms with van der Waals surface area (Å²) in [6.45, 7) is 2.90. The van der Waals surface area contributed by atoms with Crippen molar-refractivity contribution in [1.29, 1.82) is 0 Å². The summed E-state index contributed by atoms with van der Waals surface area (Å²) in [6.07, 6.45) is 12.5. The van der Waals surface area contributed by atoms with E-state index in [2.05, 4.69) is 15.5 Å². The molecular formula is C21H34N6O. The maximum absolute atomic E-state index is 9.09. The molecule has 0 amide bonds. The Bertz CT molecular complexity index is 654. The average Bonchev–Trinajstić information content (AvgIpc) is 2.67. The van der Waals surface area contributed by atoms with Gasteiger partial charge in [-0.15, -0.1) is 0 Å². The lowest BCUT2D eigenvalue weighted by Gasteiger charge is -2.56. The first-order valence-corrected chi connectivity index (χ1v) is 11.4. The van der Waals surface area contributed by atoms with Crippen LogP contribution in [-0.2, 0) is 0 Å². The van der Waals surface area contributed by atoms with Crippen LogP contribution in [0.25, 0.3) is 0 Å². The van der Waals surface area contributed by atoms with E-state index in [-0.39, 0.29) is 12.1 Å². The van der Waals surface area contributed by atoms with Crippen molar-refractivity contribution in [2.75, 3.05) is 41.8 Å². The van der Waals surface area contributed by atoms with E-state index in [0.29, 0.717) is 18.9 Å². The maximum atomic E-state index is 9.09. The summed E-state index contributed by atoms with van der Waals surface area (Å²) in [7, 11) is 0. The normalized spacial score (nSPS) is 33.9. The van der Waals surface area contributed by atoms with E-state index in [1.807, 2.05) is 0 Å². The van der Waals surface area contributed by atoms with Crippen molar-refractivity contribution < 1.29 is 5.11 Å². The zero-order valence-electron chi connectivity index (χ0n) is 16.9. The molecule has 0 aromatic carbocycles. The molecule has 7 nitrogen and oxygen atoms in total. The fraction of sp³-hybridized carbons (Fsp3) is 0.857. The lowest BCUT2D eigenvalue weighted by molar-refractivity contribution is 0.0103. The Kier molecular flexibility index (Phi) is 5.03. The highest BCUT2D eigenvalue weighted by Gasteiger charge is 2.51. The molecule has 154 valence electrons. The quantitative estimate of drug-likeness (QED) is 0.621.